The van der Waals surface area contributed by atoms with Gasteiger partial charge in [0.2, 0.25) is 0 Å². The number of nitrogens with two attached hydrogens (primary N) is 1. The molecular formula is C16H16N4. The molecule has 0 spiro atoms. The van der Waals surface area contributed by atoms with Gasteiger partial charge in [0.15, 0.2) is 0 Å². The summed E-state index contributed by atoms with van der Waals surface area (Å²) in [5.74, 6) is 0.774. The van der Waals surface area contributed by atoms with E-state index in [1.807, 2.05) is 18.2 Å². The predicted octanol–water partition coefficient (Wildman–Crippen LogP) is 3.57. The molecule has 0 aliphatic carbocycles. The summed E-state index contributed by atoms with van der Waals surface area (Å²) in [5, 5.41) is 4.30. The van der Waals surface area contributed by atoms with Gasteiger partial charge in [-0.05, 0) is 49.2 Å². The second kappa shape index (κ2) is 4.81. The summed E-state index contributed by atoms with van der Waals surface area (Å²) in [7, 11) is 0. The second-order valence-corrected chi connectivity index (χ2v) is 4.94. The summed E-state index contributed by atoms with van der Waals surface area (Å²) in [5.41, 5.74) is 10.9. The molecule has 0 radical (unpaired) electrons. The zero-order valence-corrected chi connectivity index (χ0v) is 11.5. The van der Waals surface area contributed by atoms with Gasteiger partial charge >= 0.3 is 0 Å². The van der Waals surface area contributed by atoms with Gasteiger partial charge in [0.25, 0.3) is 0 Å². The molecule has 0 saturated heterocycles. The maximum Gasteiger partial charge on any atom is 0.141 e. The highest BCUT2D eigenvalue weighted by atomic mass is 15.0. The first-order chi connectivity index (χ1) is 9.63. The Labute approximate surface area is 117 Å². The lowest BCUT2D eigenvalue weighted by Gasteiger charge is -2.11. The van der Waals surface area contributed by atoms with Crippen molar-refractivity contribution in [1.29, 1.82) is 0 Å². The van der Waals surface area contributed by atoms with Crippen LogP contribution in [0.15, 0.2) is 42.7 Å². The van der Waals surface area contributed by atoms with E-state index in [9.17, 15) is 0 Å². The van der Waals surface area contributed by atoms with Crippen LogP contribution in [-0.2, 0) is 0 Å². The number of nitrogens with one attached hydrogen (secondary N) is 1. The minimum absolute atomic E-state index is 0.705. The van der Waals surface area contributed by atoms with Gasteiger partial charge in [0.05, 0.1) is 5.52 Å². The smallest absolute Gasteiger partial charge is 0.141 e. The average Bonchev–Trinajstić information content (AvgIpc) is 2.43. The summed E-state index contributed by atoms with van der Waals surface area (Å²) in [6.07, 6.45) is 1.56. The Balaban J connectivity index is 2.10. The van der Waals surface area contributed by atoms with Gasteiger partial charge in [-0.3, -0.25) is 0 Å². The second-order valence-electron chi connectivity index (χ2n) is 4.94. The molecule has 0 fully saturated rings. The van der Waals surface area contributed by atoms with Gasteiger partial charge < -0.3 is 11.1 Å². The number of hydrogen-bond donors (Lipinski definition) is 2. The number of aryl methyl sites for hydroxylation is 2. The molecular weight excluding hydrogens is 248 g/mol. The molecule has 3 N–H and O–H groups in total. The van der Waals surface area contributed by atoms with E-state index in [0.29, 0.717) is 5.69 Å². The van der Waals surface area contributed by atoms with E-state index in [2.05, 4.69) is 47.3 Å². The van der Waals surface area contributed by atoms with Crippen LogP contribution in [0.4, 0.5) is 17.2 Å². The Hall–Kier alpha value is -2.62. The topological polar surface area (TPSA) is 63.8 Å². The highest BCUT2D eigenvalue weighted by molar-refractivity contribution is 5.92. The number of aromatic nitrogens is 2. The number of nitrogens with zero attached hydrogens (tertiary/aromatic N) is 2. The minimum Gasteiger partial charge on any atom is -0.399 e. The van der Waals surface area contributed by atoms with Crippen molar-refractivity contribution in [2.45, 2.75) is 13.8 Å². The van der Waals surface area contributed by atoms with Crippen LogP contribution in [0.3, 0.4) is 0 Å². The Morgan fingerprint density at radius 1 is 1.00 bits per heavy atom. The third-order valence-electron chi connectivity index (χ3n) is 3.31. The van der Waals surface area contributed by atoms with Crippen molar-refractivity contribution in [3.8, 4) is 0 Å². The molecule has 3 rings (SSSR count). The largest absolute Gasteiger partial charge is 0.399 e. The summed E-state index contributed by atoms with van der Waals surface area (Å²) < 4.78 is 0. The third-order valence-corrected chi connectivity index (χ3v) is 3.31. The monoisotopic (exact) mass is 264 g/mol. The van der Waals surface area contributed by atoms with E-state index in [4.69, 9.17) is 5.73 Å². The predicted molar refractivity (Wildman–Crippen MR) is 83.1 cm³/mol. The number of anilines is 3. The van der Waals surface area contributed by atoms with Crippen LogP contribution in [0.25, 0.3) is 10.9 Å². The van der Waals surface area contributed by atoms with Gasteiger partial charge in [0.1, 0.15) is 12.1 Å². The molecule has 3 aromatic rings. The Kier molecular flexibility index (Phi) is 2.99. The van der Waals surface area contributed by atoms with Crippen LogP contribution in [0.5, 0.6) is 0 Å². The van der Waals surface area contributed by atoms with Crippen LogP contribution >= 0.6 is 0 Å². The molecule has 20 heavy (non-hydrogen) atoms. The normalized spacial score (nSPS) is 10.7. The Morgan fingerprint density at radius 2 is 1.85 bits per heavy atom. The van der Waals surface area contributed by atoms with Crippen molar-refractivity contribution < 1.29 is 0 Å². The molecule has 0 saturated carbocycles. The highest BCUT2D eigenvalue weighted by Crippen LogP contribution is 2.26. The van der Waals surface area contributed by atoms with E-state index in [1.165, 1.54) is 11.1 Å². The van der Waals surface area contributed by atoms with Crippen molar-refractivity contribution >= 4 is 28.1 Å². The van der Waals surface area contributed by atoms with Crippen molar-refractivity contribution in [3.63, 3.8) is 0 Å². The molecule has 0 aliphatic rings. The van der Waals surface area contributed by atoms with Crippen LogP contribution in [-0.4, -0.2) is 9.97 Å². The SMILES string of the molecule is Cc1ccc(C)c(Nc2ncnc3ccc(N)cc23)c1. The van der Waals surface area contributed by atoms with E-state index in [0.717, 1.165) is 22.4 Å². The maximum atomic E-state index is 5.86. The van der Waals surface area contributed by atoms with E-state index < -0.39 is 0 Å². The van der Waals surface area contributed by atoms with Crippen LogP contribution < -0.4 is 11.1 Å². The molecule has 0 unspecified atom stereocenters. The fraction of sp³-hybridized carbons (Fsp3) is 0.125. The van der Waals surface area contributed by atoms with E-state index >= 15 is 0 Å². The quantitative estimate of drug-likeness (QED) is 0.694. The molecule has 2 aromatic carbocycles. The highest BCUT2D eigenvalue weighted by Gasteiger charge is 2.06. The average molecular weight is 264 g/mol. The van der Waals surface area contributed by atoms with E-state index in [1.54, 1.807) is 6.33 Å². The number of benzene rings is 2. The van der Waals surface area contributed by atoms with Crippen molar-refractivity contribution in [3.05, 3.63) is 53.9 Å². The summed E-state index contributed by atoms with van der Waals surface area (Å²) in [6.45, 7) is 4.14. The Bertz CT molecular complexity index is 781. The van der Waals surface area contributed by atoms with E-state index in [-0.39, 0.29) is 0 Å². The first-order valence-corrected chi connectivity index (χ1v) is 6.48. The molecule has 4 heteroatoms. The Morgan fingerprint density at radius 3 is 2.70 bits per heavy atom. The van der Waals surface area contributed by atoms with Gasteiger partial charge in [-0.1, -0.05) is 12.1 Å². The fourth-order valence-corrected chi connectivity index (χ4v) is 2.17. The first-order valence-electron chi connectivity index (χ1n) is 6.48. The summed E-state index contributed by atoms with van der Waals surface area (Å²) in [6, 6.07) is 11.9. The van der Waals surface area contributed by atoms with Crippen LogP contribution in [0.1, 0.15) is 11.1 Å². The number of fused-ring (bicyclic) bond motifs is 1. The summed E-state index contributed by atoms with van der Waals surface area (Å²) >= 11 is 0. The molecule has 0 atom stereocenters. The first kappa shape index (κ1) is 12.4. The molecule has 0 bridgehead atoms. The molecule has 100 valence electrons. The number of nitrogen functional groups attached to an aromatic ring is 1. The fourth-order valence-electron chi connectivity index (χ4n) is 2.17. The van der Waals surface area contributed by atoms with Gasteiger partial charge in [-0.25, -0.2) is 9.97 Å². The standard InChI is InChI=1S/C16H16N4/c1-10-3-4-11(2)15(7-10)20-16-13-8-12(17)5-6-14(13)18-9-19-16/h3-9H,17H2,1-2H3,(H,18,19,20). The molecule has 1 aromatic heterocycles. The number of hydrogen-bond acceptors (Lipinski definition) is 4. The lowest BCUT2D eigenvalue weighted by atomic mass is 10.1. The van der Waals surface area contributed by atoms with Crippen molar-refractivity contribution in [1.82, 2.24) is 9.97 Å². The van der Waals surface area contributed by atoms with Crippen molar-refractivity contribution in [2.24, 2.45) is 0 Å². The van der Waals surface area contributed by atoms with Gasteiger partial charge in [0, 0.05) is 16.8 Å². The van der Waals surface area contributed by atoms with Gasteiger partial charge in [-0.15, -0.1) is 0 Å². The maximum absolute atomic E-state index is 5.86. The number of rotatable bonds is 2. The lowest BCUT2D eigenvalue weighted by Crippen LogP contribution is -1.98. The minimum atomic E-state index is 0.705. The molecule has 0 aliphatic heterocycles. The third kappa shape index (κ3) is 2.28. The van der Waals surface area contributed by atoms with Gasteiger partial charge in [-0.2, -0.15) is 0 Å². The zero-order valence-electron chi connectivity index (χ0n) is 11.5. The molecule has 4 nitrogen and oxygen atoms in total. The summed E-state index contributed by atoms with van der Waals surface area (Å²) in [4.78, 5) is 8.59. The molecule has 1 heterocycles. The van der Waals surface area contributed by atoms with Crippen LogP contribution in [0.2, 0.25) is 0 Å². The molecule has 0 amide bonds. The van der Waals surface area contributed by atoms with Crippen LogP contribution in [0, 0.1) is 13.8 Å². The lowest BCUT2D eigenvalue weighted by molar-refractivity contribution is 1.21. The zero-order chi connectivity index (χ0) is 14.1. The van der Waals surface area contributed by atoms with Crippen molar-refractivity contribution in [2.75, 3.05) is 11.1 Å².